The van der Waals surface area contributed by atoms with E-state index in [0.717, 1.165) is 12.8 Å². The van der Waals surface area contributed by atoms with Crippen LogP contribution in [0.4, 0.5) is 0 Å². The Morgan fingerprint density at radius 3 is 1.65 bits per heavy atom. The summed E-state index contributed by atoms with van der Waals surface area (Å²) in [6.07, 6.45) is 13.1. The van der Waals surface area contributed by atoms with Crippen molar-refractivity contribution in [3.05, 3.63) is 0 Å². The molecule has 23 heavy (non-hydrogen) atoms. The second-order valence-electron chi connectivity index (χ2n) is 6.58. The maximum Gasteiger partial charge on any atom is 0.335 e. The smallest absolute Gasteiger partial charge is 0.335 e. The van der Waals surface area contributed by atoms with Crippen LogP contribution in [0.2, 0.25) is 0 Å². The minimum atomic E-state index is -0.245. The number of guanidine groups is 1. The van der Waals surface area contributed by atoms with E-state index in [1.807, 2.05) is 38.0 Å². The van der Waals surface area contributed by atoms with Crippen LogP contribution in [-0.2, 0) is 9.63 Å². The summed E-state index contributed by atoms with van der Waals surface area (Å²) < 4.78 is 0. The SMILES string of the molecule is CCCCCCCCCCCCC(=O)ON=C(N(C)C)N(C)C. The Bertz CT molecular complexity index is 318. The first-order valence-corrected chi connectivity index (χ1v) is 9.11. The summed E-state index contributed by atoms with van der Waals surface area (Å²) in [7, 11) is 7.48. The van der Waals surface area contributed by atoms with Crippen molar-refractivity contribution in [1.82, 2.24) is 9.80 Å². The molecule has 0 radical (unpaired) electrons. The quantitative estimate of drug-likeness (QED) is 0.177. The van der Waals surface area contributed by atoms with Gasteiger partial charge in [-0.25, -0.2) is 4.79 Å². The van der Waals surface area contributed by atoms with Gasteiger partial charge in [0.05, 0.1) is 0 Å². The summed E-state index contributed by atoms with van der Waals surface area (Å²) in [6.45, 7) is 2.25. The van der Waals surface area contributed by atoms with Gasteiger partial charge in [0.2, 0.25) is 5.96 Å². The highest BCUT2D eigenvalue weighted by atomic mass is 16.7. The zero-order valence-corrected chi connectivity index (χ0v) is 15.9. The van der Waals surface area contributed by atoms with E-state index in [1.54, 1.807) is 0 Å². The highest BCUT2D eigenvalue weighted by molar-refractivity contribution is 5.79. The summed E-state index contributed by atoms with van der Waals surface area (Å²) in [4.78, 5) is 20.3. The van der Waals surface area contributed by atoms with E-state index in [1.165, 1.54) is 51.4 Å². The average Bonchev–Trinajstić information content (AvgIpc) is 2.48. The third-order valence-electron chi connectivity index (χ3n) is 3.76. The van der Waals surface area contributed by atoms with E-state index in [4.69, 9.17) is 4.84 Å². The second kappa shape index (κ2) is 14.3. The van der Waals surface area contributed by atoms with E-state index >= 15 is 0 Å². The highest BCUT2D eigenvalue weighted by Gasteiger charge is 2.08. The van der Waals surface area contributed by atoms with Crippen molar-refractivity contribution < 1.29 is 9.63 Å². The fourth-order valence-corrected chi connectivity index (χ4v) is 2.46. The molecule has 0 amide bonds. The lowest BCUT2D eigenvalue weighted by Gasteiger charge is -2.21. The van der Waals surface area contributed by atoms with Crippen LogP contribution in [0.15, 0.2) is 5.16 Å². The monoisotopic (exact) mass is 327 g/mol. The number of unbranched alkanes of at least 4 members (excludes halogenated alkanes) is 9. The molecule has 0 fully saturated rings. The molecule has 0 saturated carbocycles. The Balaban J connectivity index is 3.59. The normalized spacial score (nSPS) is 10.3. The molecule has 0 aliphatic carbocycles. The fraction of sp³-hybridized carbons (Fsp3) is 0.889. The van der Waals surface area contributed by atoms with E-state index in [0.29, 0.717) is 12.4 Å². The third-order valence-corrected chi connectivity index (χ3v) is 3.76. The number of oxime groups is 1. The molecule has 0 saturated heterocycles. The van der Waals surface area contributed by atoms with Crippen LogP contribution in [0.3, 0.4) is 0 Å². The Morgan fingerprint density at radius 2 is 1.22 bits per heavy atom. The largest absolute Gasteiger partial charge is 0.346 e. The highest BCUT2D eigenvalue weighted by Crippen LogP contribution is 2.11. The molecule has 5 nitrogen and oxygen atoms in total. The maximum absolute atomic E-state index is 11.7. The first kappa shape index (κ1) is 21.7. The van der Waals surface area contributed by atoms with Crippen molar-refractivity contribution in [3.63, 3.8) is 0 Å². The van der Waals surface area contributed by atoms with Crippen LogP contribution in [0, 0.1) is 0 Å². The van der Waals surface area contributed by atoms with Gasteiger partial charge in [-0.2, -0.15) is 0 Å². The first-order chi connectivity index (χ1) is 11.0. The summed E-state index contributed by atoms with van der Waals surface area (Å²) in [5, 5.41) is 3.91. The minimum Gasteiger partial charge on any atom is -0.346 e. The standard InChI is InChI=1S/C18H37N3O2/c1-6-7-8-9-10-11-12-13-14-15-16-17(22)23-19-18(20(2)3)21(4)5/h6-16H2,1-5H3. The molecule has 0 aliphatic heterocycles. The molecule has 0 N–H and O–H groups in total. The van der Waals surface area contributed by atoms with Crippen molar-refractivity contribution in [1.29, 1.82) is 0 Å². The van der Waals surface area contributed by atoms with Crippen LogP contribution in [0.1, 0.15) is 77.6 Å². The topological polar surface area (TPSA) is 45.1 Å². The van der Waals surface area contributed by atoms with Gasteiger partial charge in [-0.05, 0) is 11.6 Å². The van der Waals surface area contributed by atoms with Crippen molar-refractivity contribution in [3.8, 4) is 0 Å². The predicted molar refractivity (Wildman–Crippen MR) is 97.4 cm³/mol. The van der Waals surface area contributed by atoms with Crippen molar-refractivity contribution in [2.45, 2.75) is 77.6 Å². The molecule has 0 bridgehead atoms. The molecule has 0 aliphatic rings. The van der Waals surface area contributed by atoms with E-state index in [2.05, 4.69) is 12.1 Å². The van der Waals surface area contributed by atoms with Crippen LogP contribution >= 0.6 is 0 Å². The molecule has 0 atom stereocenters. The number of hydrogen-bond donors (Lipinski definition) is 0. The van der Waals surface area contributed by atoms with E-state index in [-0.39, 0.29) is 5.97 Å². The van der Waals surface area contributed by atoms with Gasteiger partial charge >= 0.3 is 5.97 Å². The van der Waals surface area contributed by atoms with Gasteiger partial charge in [-0.15, -0.1) is 0 Å². The van der Waals surface area contributed by atoms with Gasteiger partial charge in [-0.3, -0.25) is 0 Å². The first-order valence-electron chi connectivity index (χ1n) is 9.11. The van der Waals surface area contributed by atoms with Crippen molar-refractivity contribution >= 4 is 11.9 Å². The molecule has 0 heterocycles. The van der Waals surface area contributed by atoms with Crippen LogP contribution in [-0.4, -0.2) is 49.9 Å². The van der Waals surface area contributed by atoms with E-state index in [9.17, 15) is 4.79 Å². The maximum atomic E-state index is 11.7. The lowest BCUT2D eigenvalue weighted by Crippen LogP contribution is -2.35. The van der Waals surface area contributed by atoms with Crippen LogP contribution in [0.25, 0.3) is 0 Å². The van der Waals surface area contributed by atoms with Gasteiger partial charge in [0.25, 0.3) is 0 Å². The van der Waals surface area contributed by atoms with Crippen LogP contribution in [0.5, 0.6) is 0 Å². The molecular formula is C18H37N3O2. The van der Waals surface area contributed by atoms with Crippen LogP contribution < -0.4 is 0 Å². The molecule has 0 spiro atoms. The van der Waals surface area contributed by atoms with Crippen molar-refractivity contribution in [2.75, 3.05) is 28.2 Å². The molecule has 0 rings (SSSR count). The second-order valence-corrected chi connectivity index (χ2v) is 6.58. The minimum absolute atomic E-state index is 0.245. The summed E-state index contributed by atoms with van der Waals surface area (Å²) in [5.41, 5.74) is 0. The molecular weight excluding hydrogens is 290 g/mol. The predicted octanol–water partition coefficient (Wildman–Crippen LogP) is 4.23. The lowest BCUT2D eigenvalue weighted by molar-refractivity contribution is -0.144. The molecule has 0 aromatic carbocycles. The van der Waals surface area contributed by atoms with E-state index < -0.39 is 0 Å². The summed E-state index contributed by atoms with van der Waals surface area (Å²) in [5.74, 6) is 0.382. The Labute approximate surface area is 143 Å². The number of rotatable bonds is 12. The van der Waals surface area contributed by atoms with Gasteiger partial charge in [-0.1, -0.05) is 64.7 Å². The fourth-order valence-electron chi connectivity index (χ4n) is 2.46. The third kappa shape index (κ3) is 12.9. The Hall–Kier alpha value is -1.26. The number of carbonyl (C=O) groups is 1. The number of hydrogen-bond acceptors (Lipinski definition) is 3. The molecule has 0 aromatic rings. The Morgan fingerprint density at radius 1 is 0.783 bits per heavy atom. The Kier molecular flexibility index (Phi) is 13.6. The number of nitrogens with zero attached hydrogens (tertiary/aromatic N) is 3. The summed E-state index contributed by atoms with van der Waals surface area (Å²) in [6, 6.07) is 0. The molecule has 136 valence electrons. The molecule has 5 heteroatoms. The summed E-state index contributed by atoms with van der Waals surface area (Å²) >= 11 is 0. The van der Waals surface area contributed by atoms with Gasteiger partial charge in [0.1, 0.15) is 0 Å². The van der Waals surface area contributed by atoms with Gasteiger partial charge in [0.15, 0.2) is 0 Å². The molecule has 0 unspecified atom stereocenters. The lowest BCUT2D eigenvalue weighted by atomic mass is 10.1. The molecule has 0 aromatic heterocycles. The van der Waals surface area contributed by atoms with Gasteiger partial charge in [0, 0.05) is 34.6 Å². The number of carbonyl (C=O) groups excluding carboxylic acids is 1. The average molecular weight is 328 g/mol. The van der Waals surface area contributed by atoms with Gasteiger partial charge < -0.3 is 14.6 Å². The van der Waals surface area contributed by atoms with Crippen molar-refractivity contribution in [2.24, 2.45) is 5.16 Å². The zero-order chi connectivity index (χ0) is 17.5. The zero-order valence-electron chi connectivity index (χ0n) is 15.9.